The van der Waals surface area contributed by atoms with Crippen LogP contribution >= 0.6 is 22.6 Å². The Balaban J connectivity index is 3.09. The topological polar surface area (TPSA) is 43.1 Å². The molecule has 1 rings (SSSR count). The Bertz CT molecular complexity index is 309. The van der Waals surface area contributed by atoms with E-state index in [1.807, 2.05) is 19.1 Å². The van der Waals surface area contributed by atoms with Gasteiger partial charge in [0.05, 0.1) is 0 Å². The van der Waals surface area contributed by atoms with Crippen molar-refractivity contribution >= 4 is 34.1 Å². The minimum absolute atomic E-state index is 0.101. The summed E-state index contributed by atoms with van der Waals surface area (Å²) < 4.78 is 1.05. The summed E-state index contributed by atoms with van der Waals surface area (Å²) in [6, 6.07) is 5.48. The van der Waals surface area contributed by atoms with Crippen LogP contribution in [0.4, 0.5) is 5.69 Å². The van der Waals surface area contributed by atoms with Gasteiger partial charge >= 0.3 is 0 Å². The minimum Gasteiger partial charge on any atom is -0.398 e. The zero-order valence-corrected chi connectivity index (χ0v) is 8.96. The van der Waals surface area contributed by atoms with Gasteiger partial charge in [0.2, 0.25) is 0 Å². The second-order valence-electron chi connectivity index (χ2n) is 2.51. The molecule has 3 heteroatoms. The minimum atomic E-state index is 0.101. The zero-order chi connectivity index (χ0) is 9.14. The van der Waals surface area contributed by atoms with Crippen LogP contribution in [-0.4, -0.2) is 5.78 Å². The fraction of sp³-hybridized carbons (Fsp3) is 0.222. The number of nitrogens with two attached hydrogens (primary N) is 1. The van der Waals surface area contributed by atoms with Crippen molar-refractivity contribution in [1.82, 2.24) is 0 Å². The Morgan fingerprint density at radius 2 is 2.25 bits per heavy atom. The maximum Gasteiger partial charge on any atom is 0.164 e. The first-order valence-electron chi connectivity index (χ1n) is 3.73. The Labute approximate surface area is 85.3 Å². The second kappa shape index (κ2) is 3.89. The summed E-state index contributed by atoms with van der Waals surface area (Å²) in [7, 11) is 0. The summed E-state index contributed by atoms with van der Waals surface area (Å²) in [6.07, 6.45) is 0.505. The standard InChI is InChI=1S/C9H10INO/c1-2-9(12)7-4-3-6(10)5-8(7)11/h3-5H,2,11H2,1H3. The average molecular weight is 275 g/mol. The molecule has 0 aromatic heterocycles. The highest BCUT2D eigenvalue weighted by molar-refractivity contribution is 14.1. The third-order valence-corrected chi connectivity index (χ3v) is 2.31. The molecule has 0 fully saturated rings. The van der Waals surface area contributed by atoms with Crippen LogP contribution < -0.4 is 5.73 Å². The lowest BCUT2D eigenvalue weighted by Gasteiger charge is -2.02. The lowest BCUT2D eigenvalue weighted by atomic mass is 10.1. The third-order valence-electron chi connectivity index (χ3n) is 1.64. The van der Waals surface area contributed by atoms with Crippen molar-refractivity contribution in [2.24, 2.45) is 0 Å². The molecule has 2 nitrogen and oxygen atoms in total. The van der Waals surface area contributed by atoms with E-state index in [4.69, 9.17) is 5.73 Å². The van der Waals surface area contributed by atoms with Gasteiger partial charge in [-0.25, -0.2) is 0 Å². The molecule has 0 saturated heterocycles. The number of Topliss-reactive ketones (excluding diaryl/α,β-unsaturated/α-hetero) is 1. The van der Waals surface area contributed by atoms with Gasteiger partial charge in [0, 0.05) is 21.2 Å². The Kier molecular flexibility index (Phi) is 3.08. The van der Waals surface area contributed by atoms with Gasteiger partial charge in [0.1, 0.15) is 0 Å². The number of carbonyl (C=O) groups is 1. The molecule has 12 heavy (non-hydrogen) atoms. The monoisotopic (exact) mass is 275 g/mol. The molecule has 0 unspecified atom stereocenters. The molecule has 0 saturated carbocycles. The molecular weight excluding hydrogens is 265 g/mol. The first-order chi connectivity index (χ1) is 5.65. The van der Waals surface area contributed by atoms with Crippen molar-refractivity contribution in [3.8, 4) is 0 Å². The number of halogens is 1. The summed E-state index contributed by atoms with van der Waals surface area (Å²) in [6.45, 7) is 1.83. The Hall–Kier alpha value is -0.580. The molecular formula is C9H10INO. The van der Waals surface area contributed by atoms with Crippen LogP contribution in [-0.2, 0) is 0 Å². The molecule has 64 valence electrons. The highest BCUT2D eigenvalue weighted by Crippen LogP contribution is 2.17. The molecule has 0 heterocycles. The van der Waals surface area contributed by atoms with Crippen LogP contribution in [0.3, 0.4) is 0 Å². The van der Waals surface area contributed by atoms with Crippen molar-refractivity contribution in [3.05, 3.63) is 27.3 Å². The van der Waals surface area contributed by atoms with Crippen molar-refractivity contribution in [2.45, 2.75) is 13.3 Å². The molecule has 1 aromatic rings. The highest BCUT2D eigenvalue weighted by Gasteiger charge is 2.06. The highest BCUT2D eigenvalue weighted by atomic mass is 127. The largest absolute Gasteiger partial charge is 0.398 e. The van der Waals surface area contributed by atoms with E-state index in [2.05, 4.69) is 22.6 Å². The summed E-state index contributed by atoms with van der Waals surface area (Å²) >= 11 is 2.17. The summed E-state index contributed by atoms with van der Waals surface area (Å²) in [5, 5.41) is 0. The molecule has 0 aliphatic rings. The SMILES string of the molecule is CCC(=O)c1ccc(I)cc1N. The number of nitrogen functional groups attached to an aromatic ring is 1. The van der Waals surface area contributed by atoms with Crippen molar-refractivity contribution in [3.63, 3.8) is 0 Å². The van der Waals surface area contributed by atoms with Crippen LogP contribution in [0, 0.1) is 3.57 Å². The number of anilines is 1. The molecule has 0 bridgehead atoms. The molecule has 0 aliphatic carbocycles. The average Bonchev–Trinajstić information content (AvgIpc) is 2.03. The van der Waals surface area contributed by atoms with Crippen LogP contribution in [0.25, 0.3) is 0 Å². The van der Waals surface area contributed by atoms with Crippen LogP contribution in [0.1, 0.15) is 23.7 Å². The fourth-order valence-corrected chi connectivity index (χ4v) is 1.49. The first kappa shape index (κ1) is 9.51. The van der Waals surface area contributed by atoms with E-state index in [0.717, 1.165) is 3.57 Å². The van der Waals surface area contributed by atoms with Crippen LogP contribution in [0.2, 0.25) is 0 Å². The van der Waals surface area contributed by atoms with Gasteiger partial charge < -0.3 is 5.73 Å². The molecule has 0 aliphatic heterocycles. The lowest BCUT2D eigenvalue weighted by Crippen LogP contribution is -2.02. The van der Waals surface area contributed by atoms with E-state index >= 15 is 0 Å². The van der Waals surface area contributed by atoms with Gasteiger partial charge in [-0.05, 0) is 40.8 Å². The molecule has 0 radical (unpaired) electrons. The quantitative estimate of drug-likeness (QED) is 0.512. The Morgan fingerprint density at radius 1 is 1.58 bits per heavy atom. The van der Waals surface area contributed by atoms with Gasteiger partial charge in [-0.15, -0.1) is 0 Å². The molecule has 0 spiro atoms. The van der Waals surface area contributed by atoms with Crippen molar-refractivity contribution < 1.29 is 4.79 Å². The summed E-state index contributed by atoms with van der Waals surface area (Å²) in [5.41, 5.74) is 6.89. The maximum absolute atomic E-state index is 11.3. The lowest BCUT2D eigenvalue weighted by molar-refractivity contribution is 0.0989. The third kappa shape index (κ3) is 1.97. The first-order valence-corrected chi connectivity index (χ1v) is 4.81. The molecule has 1 aromatic carbocycles. The van der Waals surface area contributed by atoms with Crippen LogP contribution in [0.15, 0.2) is 18.2 Å². The predicted molar refractivity (Wildman–Crippen MR) is 58.2 cm³/mol. The van der Waals surface area contributed by atoms with Gasteiger partial charge in [0.15, 0.2) is 5.78 Å². The van der Waals surface area contributed by atoms with E-state index in [1.54, 1.807) is 6.07 Å². The second-order valence-corrected chi connectivity index (χ2v) is 3.75. The molecule has 0 amide bonds. The number of hydrogen-bond donors (Lipinski definition) is 1. The number of carbonyl (C=O) groups excluding carboxylic acids is 1. The van der Waals surface area contributed by atoms with E-state index in [9.17, 15) is 4.79 Å². The van der Waals surface area contributed by atoms with Crippen molar-refractivity contribution in [1.29, 1.82) is 0 Å². The maximum atomic E-state index is 11.3. The normalized spacial score (nSPS) is 9.83. The van der Waals surface area contributed by atoms with Gasteiger partial charge in [-0.3, -0.25) is 4.79 Å². The van der Waals surface area contributed by atoms with E-state index in [-0.39, 0.29) is 5.78 Å². The smallest absolute Gasteiger partial charge is 0.164 e. The van der Waals surface area contributed by atoms with E-state index < -0.39 is 0 Å². The zero-order valence-electron chi connectivity index (χ0n) is 6.80. The fourth-order valence-electron chi connectivity index (χ4n) is 0.978. The van der Waals surface area contributed by atoms with E-state index in [0.29, 0.717) is 17.7 Å². The summed E-state index contributed by atoms with van der Waals surface area (Å²) in [4.78, 5) is 11.3. The number of benzene rings is 1. The molecule has 2 N–H and O–H groups in total. The Morgan fingerprint density at radius 3 is 2.75 bits per heavy atom. The number of hydrogen-bond acceptors (Lipinski definition) is 2. The van der Waals surface area contributed by atoms with Gasteiger partial charge in [-0.1, -0.05) is 6.92 Å². The van der Waals surface area contributed by atoms with Gasteiger partial charge in [-0.2, -0.15) is 0 Å². The number of ketones is 1. The molecule has 0 atom stereocenters. The van der Waals surface area contributed by atoms with Crippen LogP contribution in [0.5, 0.6) is 0 Å². The van der Waals surface area contributed by atoms with Crippen molar-refractivity contribution in [2.75, 3.05) is 5.73 Å². The van der Waals surface area contributed by atoms with E-state index in [1.165, 1.54) is 0 Å². The predicted octanol–water partition coefficient (Wildman–Crippen LogP) is 2.47. The van der Waals surface area contributed by atoms with Gasteiger partial charge in [0.25, 0.3) is 0 Å². The summed E-state index contributed by atoms with van der Waals surface area (Å²) in [5.74, 6) is 0.101. The number of rotatable bonds is 2.